The van der Waals surface area contributed by atoms with Crippen LogP contribution < -0.4 is 11.1 Å². The molecule has 0 radical (unpaired) electrons. The summed E-state index contributed by atoms with van der Waals surface area (Å²) in [6, 6.07) is 0. The third-order valence-electron chi connectivity index (χ3n) is 1.93. The highest BCUT2D eigenvalue weighted by Crippen LogP contribution is 2.05. The zero-order valence-electron chi connectivity index (χ0n) is 9.66. The van der Waals surface area contributed by atoms with Crippen molar-refractivity contribution in [2.75, 3.05) is 18.5 Å². The van der Waals surface area contributed by atoms with Crippen molar-refractivity contribution in [3.05, 3.63) is 12.0 Å². The number of nitrogens with zero attached hydrogens (tertiary/aromatic N) is 1. The van der Waals surface area contributed by atoms with E-state index in [2.05, 4.69) is 15.3 Å². The van der Waals surface area contributed by atoms with E-state index in [9.17, 15) is 9.59 Å². The number of hydrogen-bond donors (Lipinski definition) is 3. The van der Waals surface area contributed by atoms with Crippen molar-refractivity contribution in [3.8, 4) is 0 Å². The highest BCUT2D eigenvalue weighted by molar-refractivity contribution is 5.91. The van der Waals surface area contributed by atoms with Crippen LogP contribution in [-0.4, -0.2) is 35.0 Å². The maximum Gasteiger partial charge on any atom is 0.374 e. The highest BCUT2D eigenvalue weighted by atomic mass is 16.5. The zero-order chi connectivity index (χ0) is 12.7. The van der Waals surface area contributed by atoms with Crippen LogP contribution in [0.5, 0.6) is 0 Å². The van der Waals surface area contributed by atoms with Gasteiger partial charge in [0.15, 0.2) is 0 Å². The summed E-state index contributed by atoms with van der Waals surface area (Å²) in [4.78, 5) is 29.1. The van der Waals surface area contributed by atoms with Crippen LogP contribution >= 0.6 is 0 Å². The summed E-state index contributed by atoms with van der Waals surface area (Å²) in [5.74, 6) is -0.277. The molecule has 7 heteroatoms. The van der Waals surface area contributed by atoms with Gasteiger partial charge in [-0.05, 0) is 19.9 Å². The van der Waals surface area contributed by atoms with Crippen molar-refractivity contribution in [1.29, 1.82) is 0 Å². The maximum absolute atomic E-state index is 11.3. The number of ether oxygens (including phenoxy) is 1. The summed E-state index contributed by atoms with van der Waals surface area (Å²) in [5.41, 5.74) is 5.29. The van der Waals surface area contributed by atoms with Gasteiger partial charge in [-0.25, -0.2) is 9.78 Å². The number of rotatable bonds is 6. The van der Waals surface area contributed by atoms with E-state index in [1.165, 1.54) is 6.20 Å². The predicted octanol–water partition coefficient (Wildman–Crippen LogP) is 0.264. The van der Waals surface area contributed by atoms with Gasteiger partial charge in [0.05, 0.1) is 12.8 Å². The SMILES string of the molecule is CCOC(=O)c1ncc(NC(=O)CCCN)[nH]1. The molecule has 0 aliphatic rings. The summed E-state index contributed by atoms with van der Waals surface area (Å²) in [5, 5.41) is 2.57. The van der Waals surface area contributed by atoms with Gasteiger partial charge in [0.25, 0.3) is 0 Å². The molecule has 0 bridgehead atoms. The van der Waals surface area contributed by atoms with Gasteiger partial charge in [-0.3, -0.25) is 4.79 Å². The van der Waals surface area contributed by atoms with Crippen molar-refractivity contribution >= 4 is 17.7 Å². The number of hydrogen-bond acceptors (Lipinski definition) is 5. The van der Waals surface area contributed by atoms with Gasteiger partial charge in [-0.2, -0.15) is 0 Å². The second-order valence-corrected chi connectivity index (χ2v) is 3.31. The number of nitrogens with two attached hydrogens (primary N) is 1. The van der Waals surface area contributed by atoms with E-state index in [1.54, 1.807) is 6.92 Å². The monoisotopic (exact) mass is 240 g/mol. The van der Waals surface area contributed by atoms with Crippen LogP contribution in [0.2, 0.25) is 0 Å². The fourth-order valence-corrected chi connectivity index (χ4v) is 1.16. The van der Waals surface area contributed by atoms with Crippen molar-refractivity contribution in [2.24, 2.45) is 5.73 Å². The molecule has 1 amide bonds. The van der Waals surface area contributed by atoms with Crippen LogP contribution in [0.15, 0.2) is 6.20 Å². The average Bonchev–Trinajstić information content (AvgIpc) is 2.75. The van der Waals surface area contributed by atoms with Crippen LogP contribution in [0.25, 0.3) is 0 Å². The lowest BCUT2D eigenvalue weighted by atomic mass is 10.3. The largest absolute Gasteiger partial charge is 0.460 e. The predicted molar refractivity (Wildman–Crippen MR) is 61.5 cm³/mol. The number of amides is 1. The second kappa shape index (κ2) is 6.64. The van der Waals surface area contributed by atoms with Crippen LogP contribution in [0.4, 0.5) is 5.82 Å². The molecular weight excluding hydrogens is 224 g/mol. The normalized spacial score (nSPS) is 10.0. The number of carbonyl (C=O) groups excluding carboxylic acids is 2. The van der Waals surface area contributed by atoms with Gasteiger partial charge in [-0.15, -0.1) is 0 Å². The van der Waals surface area contributed by atoms with E-state index in [-0.39, 0.29) is 18.3 Å². The Morgan fingerprint density at radius 3 is 3.00 bits per heavy atom. The lowest BCUT2D eigenvalue weighted by Crippen LogP contribution is -2.14. The number of carbonyl (C=O) groups is 2. The van der Waals surface area contributed by atoms with E-state index in [0.29, 0.717) is 25.2 Å². The van der Waals surface area contributed by atoms with E-state index >= 15 is 0 Å². The molecule has 0 saturated carbocycles. The number of esters is 1. The number of aromatic amines is 1. The van der Waals surface area contributed by atoms with Gasteiger partial charge in [0, 0.05) is 6.42 Å². The van der Waals surface area contributed by atoms with Gasteiger partial charge < -0.3 is 20.8 Å². The Morgan fingerprint density at radius 2 is 2.35 bits per heavy atom. The molecule has 0 fully saturated rings. The molecule has 17 heavy (non-hydrogen) atoms. The Hall–Kier alpha value is -1.89. The van der Waals surface area contributed by atoms with Crippen LogP contribution in [0.1, 0.15) is 30.4 Å². The first kappa shape index (κ1) is 13.2. The fraction of sp³-hybridized carbons (Fsp3) is 0.500. The van der Waals surface area contributed by atoms with Crippen molar-refractivity contribution in [3.63, 3.8) is 0 Å². The summed E-state index contributed by atoms with van der Waals surface area (Å²) in [6.07, 6.45) is 2.32. The maximum atomic E-state index is 11.3. The third-order valence-corrected chi connectivity index (χ3v) is 1.93. The molecule has 0 saturated heterocycles. The molecule has 7 nitrogen and oxygen atoms in total. The van der Waals surface area contributed by atoms with Gasteiger partial charge in [0.2, 0.25) is 11.7 Å². The Labute approximate surface area is 98.7 Å². The van der Waals surface area contributed by atoms with Crippen molar-refractivity contribution in [1.82, 2.24) is 9.97 Å². The van der Waals surface area contributed by atoms with Gasteiger partial charge >= 0.3 is 5.97 Å². The number of aromatic nitrogens is 2. The van der Waals surface area contributed by atoms with E-state index in [1.807, 2.05) is 0 Å². The zero-order valence-corrected chi connectivity index (χ0v) is 9.66. The number of imidazole rings is 1. The van der Waals surface area contributed by atoms with Gasteiger partial charge in [0.1, 0.15) is 5.82 Å². The Bertz CT molecular complexity index is 389. The Morgan fingerprint density at radius 1 is 1.59 bits per heavy atom. The molecule has 1 aromatic heterocycles. The summed E-state index contributed by atoms with van der Waals surface area (Å²) in [7, 11) is 0. The molecule has 1 rings (SSSR count). The number of nitrogens with one attached hydrogen (secondary N) is 2. The first-order chi connectivity index (χ1) is 8.17. The molecule has 1 heterocycles. The van der Waals surface area contributed by atoms with E-state index < -0.39 is 5.97 Å². The second-order valence-electron chi connectivity index (χ2n) is 3.31. The minimum atomic E-state index is -0.546. The first-order valence-electron chi connectivity index (χ1n) is 5.39. The molecule has 0 aliphatic heterocycles. The quantitative estimate of drug-likeness (QED) is 0.618. The minimum absolute atomic E-state index is 0.0703. The molecule has 0 unspecified atom stereocenters. The molecule has 0 aromatic carbocycles. The Kier molecular flexibility index (Phi) is 5.15. The standard InChI is InChI=1S/C10H16N4O3/c1-2-17-10(16)9-12-6-7(14-9)13-8(15)4-3-5-11/h6H,2-5,11H2,1H3,(H,12,14)(H,13,15). The molecule has 94 valence electrons. The molecule has 4 N–H and O–H groups in total. The smallest absolute Gasteiger partial charge is 0.374 e. The third kappa shape index (κ3) is 4.23. The lowest BCUT2D eigenvalue weighted by Gasteiger charge is -2.00. The molecule has 1 aromatic rings. The van der Waals surface area contributed by atoms with E-state index in [4.69, 9.17) is 10.5 Å². The molecular formula is C10H16N4O3. The van der Waals surface area contributed by atoms with E-state index in [0.717, 1.165) is 0 Å². The average molecular weight is 240 g/mol. The first-order valence-corrected chi connectivity index (χ1v) is 5.39. The summed E-state index contributed by atoms with van der Waals surface area (Å²) < 4.78 is 4.75. The van der Waals surface area contributed by atoms with Crippen molar-refractivity contribution < 1.29 is 14.3 Å². The number of H-pyrrole nitrogens is 1. The highest BCUT2D eigenvalue weighted by Gasteiger charge is 2.11. The van der Waals surface area contributed by atoms with Crippen LogP contribution in [0, 0.1) is 0 Å². The minimum Gasteiger partial charge on any atom is -0.460 e. The molecule has 0 aliphatic carbocycles. The fourth-order valence-electron chi connectivity index (χ4n) is 1.16. The Balaban J connectivity index is 2.50. The van der Waals surface area contributed by atoms with Crippen molar-refractivity contribution in [2.45, 2.75) is 19.8 Å². The summed E-state index contributed by atoms with van der Waals surface area (Å²) >= 11 is 0. The van der Waals surface area contributed by atoms with Crippen LogP contribution in [0.3, 0.4) is 0 Å². The molecule has 0 spiro atoms. The lowest BCUT2D eigenvalue weighted by molar-refractivity contribution is -0.116. The topological polar surface area (TPSA) is 110 Å². The van der Waals surface area contributed by atoms with Gasteiger partial charge in [-0.1, -0.05) is 0 Å². The molecule has 0 atom stereocenters. The summed E-state index contributed by atoms with van der Waals surface area (Å²) in [6.45, 7) is 2.44. The number of anilines is 1. The van der Waals surface area contributed by atoms with Crippen LogP contribution in [-0.2, 0) is 9.53 Å².